The van der Waals surface area contributed by atoms with E-state index < -0.39 is 6.04 Å². The van der Waals surface area contributed by atoms with Crippen molar-refractivity contribution in [1.82, 2.24) is 10.2 Å². The van der Waals surface area contributed by atoms with Crippen molar-refractivity contribution >= 4 is 35.0 Å². The Hall–Kier alpha value is -2.04. The second-order valence-electron chi connectivity index (χ2n) is 7.16. The molecule has 0 aliphatic heterocycles. The molecular formula is C23H28Cl2N2O2. The van der Waals surface area contributed by atoms with E-state index in [2.05, 4.69) is 5.32 Å². The van der Waals surface area contributed by atoms with Crippen LogP contribution in [0.5, 0.6) is 0 Å². The summed E-state index contributed by atoms with van der Waals surface area (Å²) in [5.41, 5.74) is 1.66. The van der Waals surface area contributed by atoms with Crippen LogP contribution in [0.1, 0.15) is 44.7 Å². The van der Waals surface area contributed by atoms with E-state index in [0.29, 0.717) is 16.5 Å². The van der Waals surface area contributed by atoms with Gasteiger partial charge in [0.2, 0.25) is 11.8 Å². The van der Waals surface area contributed by atoms with Gasteiger partial charge < -0.3 is 10.2 Å². The number of nitrogens with zero attached hydrogens (tertiary/aromatic N) is 1. The summed E-state index contributed by atoms with van der Waals surface area (Å²) in [6, 6.07) is 14.0. The van der Waals surface area contributed by atoms with Crippen LogP contribution in [-0.4, -0.2) is 28.8 Å². The fourth-order valence-electron chi connectivity index (χ4n) is 3.05. The van der Waals surface area contributed by atoms with Crippen LogP contribution in [0, 0.1) is 0 Å². The molecule has 0 bridgehead atoms. The summed E-state index contributed by atoms with van der Waals surface area (Å²) in [4.78, 5) is 27.8. The van der Waals surface area contributed by atoms with E-state index in [1.165, 1.54) is 0 Å². The third kappa shape index (κ3) is 6.76. The number of hydrogen-bond acceptors (Lipinski definition) is 2. The molecule has 0 saturated carbocycles. The number of carbonyl (C=O) groups is 2. The van der Waals surface area contributed by atoms with Gasteiger partial charge in [-0.2, -0.15) is 0 Å². The predicted molar refractivity (Wildman–Crippen MR) is 119 cm³/mol. The van der Waals surface area contributed by atoms with Crippen LogP contribution < -0.4 is 5.32 Å². The van der Waals surface area contributed by atoms with Crippen molar-refractivity contribution in [3.05, 3.63) is 69.7 Å². The summed E-state index contributed by atoms with van der Waals surface area (Å²) in [5.74, 6) is -0.267. The van der Waals surface area contributed by atoms with E-state index in [1.54, 1.807) is 23.1 Å². The van der Waals surface area contributed by atoms with Crippen LogP contribution in [0.15, 0.2) is 48.5 Å². The number of rotatable bonds is 9. The zero-order chi connectivity index (χ0) is 21.4. The Kier molecular flexibility index (Phi) is 8.99. The van der Waals surface area contributed by atoms with Gasteiger partial charge in [-0.1, -0.05) is 67.4 Å². The van der Waals surface area contributed by atoms with E-state index in [4.69, 9.17) is 23.2 Å². The summed E-state index contributed by atoms with van der Waals surface area (Å²) in [7, 11) is 0. The molecule has 0 aromatic heterocycles. The van der Waals surface area contributed by atoms with E-state index in [0.717, 1.165) is 17.5 Å². The van der Waals surface area contributed by atoms with Crippen LogP contribution in [0.2, 0.25) is 10.0 Å². The van der Waals surface area contributed by atoms with Gasteiger partial charge in [-0.05, 0) is 49.1 Å². The molecule has 6 heteroatoms. The first kappa shape index (κ1) is 23.2. The normalized spacial score (nSPS) is 12.9. The average molecular weight is 435 g/mol. The summed E-state index contributed by atoms with van der Waals surface area (Å²) in [5, 5.41) is 4.20. The summed E-state index contributed by atoms with van der Waals surface area (Å²) in [6.45, 7) is 6.16. The molecule has 0 aliphatic carbocycles. The predicted octanol–water partition coefficient (Wildman–Crippen LogP) is 5.26. The van der Waals surface area contributed by atoms with Gasteiger partial charge in [0.15, 0.2) is 0 Å². The Morgan fingerprint density at radius 3 is 2.24 bits per heavy atom. The first-order valence-corrected chi connectivity index (χ1v) is 10.7. The third-order valence-corrected chi connectivity index (χ3v) is 5.57. The molecule has 0 fully saturated rings. The Balaban J connectivity index is 2.30. The number of benzene rings is 2. The van der Waals surface area contributed by atoms with E-state index in [1.807, 2.05) is 51.1 Å². The van der Waals surface area contributed by atoms with Crippen molar-refractivity contribution in [3.63, 3.8) is 0 Å². The van der Waals surface area contributed by atoms with Gasteiger partial charge in [-0.3, -0.25) is 9.59 Å². The maximum atomic E-state index is 13.2. The molecule has 2 atom stereocenters. The molecule has 2 aromatic rings. The topological polar surface area (TPSA) is 49.4 Å². The number of nitrogens with one attached hydrogen (secondary N) is 1. The molecular weight excluding hydrogens is 407 g/mol. The smallest absolute Gasteiger partial charge is 0.243 e. The highest BCUT2D eigenvalue weighted by molar-refractivity contribution is 6.31. The minimum absolute atomic E-state index is 0.0464. The highest BCUT2D eigenvalue weighted by Gasteiger charge is 2.29. The molecule has 2 aromatic carbocycles. The molecule has 2 rings (SSSR count). The Morgan fingerprint density at radius 2 is 1.66 bits per heavy atom. The lowest BCUT2D eigenvalue weighted by Gasteiger charge is -2.31. The second-order valence-corrected chi connectivity index (χ2v) is 8.00. The van der Waals surface area contributed by atoms with Crippen molar-refractivity contribution in [3.8, 4) is 0 Å². The molecule has 0 radical (unpaired) electrons. The summed E-state index contributed by atoms with van der Waals surface area (Å²) >= 11 is 12.3. The molecule has 0 heterocycles. The number of halogens is 2. The molecule has 2 amide bonds. The first-order valence-electron chi connectivity index (χ1n) is 9.93. The molecule has 1 N–H and O–H groups in total. The second kappa shape index (κ2) is 11.2. The van der Waals surface area contributed by atoms with Gasteiger partial charge in [0.1, 0.15) is 6.04 Å². The average Bonchev–Trinajstić information content (AvgIpc) is 2.70. The van der Waals surface area contributed by atoms with Gasteiger partial charge in [-0.25, -0.2) is 0 Å². The summed E-state index contributed by atoms with van der Waals surface area (Å²) in [6.07, 6.45) is 1.53. The zero-order valence-electron chi connectivity index (χ0n) is 17.1. The number of carbonyl (C=O) groups excluding carboxylic acids is 2. The van der Waals surface area contributed by atoms with Crippen molar-refractivity contribution in [1.29, 1.82) is 0 Å². The lowest BCUT2D eigenvalue weighted by molar-refractivity contribution is -0.141. The monoisotopic (exact) mass is 434 g/mol. The van der Waals surface area contributed by atoms with Crippen LogP contribution in [0.25, 0.3) is 0 Å². The van der Waals surface area contributed by atoms with Gasteiger partial charge in [0.05, 0.1) is 6.42 Å². The first-order chi connectivity index (χ1) is 13.8. The Morgan fingerprint density at radius 1 is 1.00 bits per heavy atom. The van der Waals surface area contributed by atoms with Crippen molar-refractivity contribution in [2.24, 2.45) is 0 Å². The molecule has 0 aliphatic rings. The molecule has 156 valence electrons. The van der Waals surface area contributed by atoms with Crippen molar-refractivity contribution in [2.75, 3.05) is 0 Å². The molecule has 29 heavy (non-hydrogen) atoms. The van der Waals surface area contributed by atoms with Crippen LogP contribution >= 0.6 is 23.2 Å². The highest BCUT2D eigenvalue weighted by Crippen LogP contribution is 2.21. The van der Waals surface area contributed by atoms with Crippen LogP contribution in [-0.2, 0) is 22.6 Å². The van der Waals surface area contributed by atoms with E-state index >= 15 is 0 Å². The fourth-order valence-corrected chi connectivity index (χ4v) is 3.37. The molecule has 0 saturated heterocycles. The molecule has 2 unspecified atom stereocenters. The largest absolute Gasteiger partial charge is 0.352 e. The molecule has 0 spiro atoms. The van der Waals surface area contributed by atoms with Crippen molar-refractivity contribution in [2.45, 2.75) is 58.7 Å². The van der Waals surface area contributed by atoms with Crippen LogP contribution in [0.3, 0.4) is 0 Å². The SMILES string of the molecule is CCC(C)NC(=O)C(CC)N(Cc1ccccc1Cl)C(=O)Cc1ccc(Cl)cc1. The summed E-state index contributed by atoms with van der Waals surface area (Å²) < 4.78 is 0. The third-order valence-electron chi connectivity index (χ3n) is 4.95. The minimum Gasteiger partial charge on any atom is -0.352 e. The Bertz CT molecular complexity index is 824. The fraction of sp³-hybridized carbons (Fsp3) is 0.391. The molecule has 4 nitrogen and oxygen atoms in total. The number of hydrogen-bond donors (Lipinski definition) is 1. The van der Waals surface area contributed by atoms with Gasteiger partial charge in [-0.15, -0.1) is 0 Å². The maximum absolute atomic E-state index is 13.2. The van der Waals surface area contributed by atoms with E-state index in [-0.39, 0.29) is 30.8 Å². The highest BCUT2D eigenvalue weighted by atomic mass is 35.5. The lowest BCUT2D eigenvalue weighted by atomic mass is 10.1. The van der Waals surface area contributed by atoms with Gasteiger partial charge >= 0.3 is 0 Å². The quantitative estimate of drug-likeness (QED) is 0.584. The standard InChI is InChI=1S/C23H28Cl2N2O2/c1-4-16(3)26-23(29)21(5-2)27(15-18-8-6-7-9-20(18)25)22(28)14-17-10-12-19(24)13-11-17/h6-13,16,21H,4-5,14-15H2,1-3H3,(H,26,29). The lowest BCUT2D eigenvalue weighted by Crippen LogP contribution is -2.51. The number of amides is 2. The van der Waals surface area contributed by atoms with E-state index in [9.17, 15) is 9.59 Å². The zero-order valence-corrected chi connectivity index (χ0v) is 18.6. The van der Waals surface area contributed by atoms with Gasteiger partial charge in [0, 0.05) is 22.6 Å². The minimum atomic E-state index is -0.569. The maximum Gasteiger partial charge on any atom is 0.243 e. The van der Waals surface area contributed by atoms with Crippen LogP contribution in [0.4, 0.5) is 0 Å². The Labute approximate surface area is 183 Å². The van der Waals surface area contributed by atoms with Crippen molar-refractivity contribution < 1.29 is 9.59 Å². The van der Waals surface area contributed by atoms with Gasteiger partial charge in [0.25, 0.3) is 0 Å².